The van der Waals surface area contributed by atoms with Crippen LogP contribution in [-0.2, 0) is 12.8 Å². The van der Waals surface area contributed by atoms with E-state index in [0.29, 0.717) is 28.8 Å². The van der Waals surface area contributed by atoms with Gasteiger partial charge in [0.1, 0.15) is 0 Å². The minimum Gasteiger partial charge on any atom is -0.352 e. The largest absolute Gasteiger partial charge is 0.352 e. The van der Waals surface area contributed by atoms with Gasteiger partial charge in [0, 0.05) is 23.2 Å². The zero-order valence-electron chi connectivity index (χ0n) is 13.0. The molecule has 3 aromatic rings. The maximum absolute atomic E-state index is 12.4. The second-order valence-electron chi connectivity index (χ2n) is 6.19. The number of amides is 1. The van der Waals surface area contributed by atoms with Crippen LogP contribution in [0.15, 0.2) is 35.4 Å². The summed E-state index contributed by atoms with van der Waals surface area (Å²) in [5.41, 5.74) is 2.74. The molecule has 0 saturated heterocycles. The quantitative estimate of drug-likeness (QED) is 0.673. The van der Waals surface area contributed by atoms with Crippen LogP contribution in [0.2, 0.25) is 0 Å². The van der Waals surface area contributed by atoms with Gasteiger partial charge < -0.3 is 5.32 Å². The highest BCUT2D eigenvalue weighted by molar-refractivity contribution is 5.98. The van der Waals surface area contributed by atoms with Crippen molar-refractivity contribution in [1.29, 1.82) is 0 Å². The predicted molar refractivity (Wildman–Crippen MR) is 88.8 cm³/mol. The summed E-state index contributed by atoms with van der Waals surface area (Å²) in [4.78, 5) is 24.0. The molecular formula is C17H17N5O2. The standard InChI is InChI=1S/C17H17N5O2/c23-16(11-3-4-14-13(6-11)9-20-22-17(14)24)18-7-10-1-2-12-8-19-21-15(12)5-10/h3-4,6,8-10H,1-2,5,7H2,(H,18,23)(H,19,21)(H,22,24). The van der Waals surface area contributed by atoms with Gasteiger partial charge in [-0.05, 0) is 48.9 Å². The van der Waals surface area contributed by atoms with Crippen LogP contribution >= 0.6 is 0 Å². The fourth-order valence-electron chi connectivity index (χ4n) is 3.23. The SMILES string of the molecule is O=C(NCC1CCc2cn[nH]c2C1)c1ccc2c(=O)[nH]ncc2c1. The van der Waals surface area contributed by atoms with Crippen molar-refractivity contribution in [2.75, 3.05) is 6.54 Å². The number of aromatic nitrogens is 4. The monoisotopic (exact) mass is 323 g/mol. The molecule has 1 aliphatic carbocycles. The van der Waals surface area contributed by atoms with Gasteiger partial charge in [-0.1, -0.05) is 0 Å². The number of aromatic amines is 2. The summed E-state index contributed by atoms with van der Waals surface area (Å²) in [6.07, 6.45) is 6.39. The van der Waals surface area contributed by atoms with E-state index in [9.17, 15) is 9.59 Å². The van der Waals surface area contributed by atoms with Crippen molar-refractivity contribution in [2.45, 2.75) is 19.3 Å². The van der Waals surface area contributed by atoms with Crippen LogP contribution in [0.25, 0.3) is 10.8 Å². The van der Waals surface area contributed by atoms with Gasteiger partial charge in [-0.15, -0.1) is 0 Å². The lowest BCUT2D eigenvalue weighted by atomic mass is 9.88. The van der Waals surface area contributed by atoms with Crippen LogP contribution in [0.5, 0.6) is 0 Å². The van der Waals surface area contributed by atoms with E-state index in [4.69, 9.17) is 0 Å². The Morgan fingerprint density at radius 3 is 3.04 bits per heavy atom. The number of benzene rings is 1. The Morgan fingerprint density at radius 1 is 1.25 bits per heavy atom. The molecule has 1 atom stereocenters. The summed E-state index contributed by atoms with van der Waals surface area (Å²) in [6.45, 7) is 0.628. The molecule has 0 aliphatic heterocycles. The van der Waals surface area contributed by atoms with Gasteiger partial charge >= 0.3 is 0 Å². The van der Waals surface area contributed by atoms with Gasteiger partial charge in [0.2, 0.25) is 0 Å². The molecule has 7 nitrogen and oxygen atoms in total. The van der Waals surface area contributed by atoms with Crippen molar-refractivity contribution in [2.24, 2.45) is 5.92 Å². The first-order valence-corrected chi connectivity index (χ1v) is 7.97. The highest BCUT2D eigenvalue weighted by atomic mass is 16.1. The molecule has 4 rings (SSSR count). The number of aryl methyl sites for hydroxylation is 1. The first kappa shape index (κ1) is 14.6. The number of hydrogen-bond donors (Lipinski definition) is 3. The Bertz CT molecular complexity index is 959. The van der Waals surface area contributed by atoms with Crippen molar-refractivity contribution in [1.82, 2.24) is 25.7 Å². The summed E-state index contributed by atoms with van der Waals surface area (Å²) in [6, 6.07) is 5.02. The Labute approximate surface area is 137 Å². The number of rotatable bonds is 3. The Hall–Kier alpha value is -2.96. The molecule has 2 aromatic heterocycles. The van der Waals surface area contributed by atoms with Gasteiger partial charge in [0.25, 0.3) is 11.5 Å². The van der Waals surface area contributed by atoms with E-state index in [1.54, 1.807) is 24.4 Å². The third kappa shape index (κ3) is 2.68. The molecule has 1 amide bonds. The summed E-state index contributed by atoms with van der Waals surface area (Å²) < 4.78 is 0. The van der Waals surface area contributed by atoms with Gasteiger partial charge in [0.05, 0.1) is 17.8 Å². The fraction of sp³-hybridized carbons (Fsp3) is 0.294. The maximum Gasteiger partial charge on any atom is 0.272 e. The Kier molecular flexibility index (Phi) is 3.60. The molecule has 0 bridgehead atoms. The fourth-order valence-corrected chi connectivity index (χ4v) is 3.23. The number of fused-ring (bicyclic) bond motifs is 2. The minimum atomic E-state index is -0.253. The average Bonchev–Trinajstić information content (AvgIpc) is 3.07. The first-order valence-electron chi connectivity index (χ1n) is 7.97. The second-order valence-corrected chi connectivity index (χ2v) is 6.19. The second kappa shape index (κ2) is 5.92. The Morgan fingerprint density at radius 2 is 2.12 bits per heavy atom. The van der Waals surface area contributed by atoms with Crippen molar-refractivity contribution in [3.8, 4) is 0 Å². The number of nitrogens with one attached hydrogen (secondary N) is 3. The highest BCUT2D eigenvalue weighted by Crippen LogP contribution is 2.23. The third-order valence-electron chi connectivity index (χ3n) is 4.60. The summed E-state index contributed by atoms with van der Waals surface area (Å²) in [5.74, 6) is 0.277. The molecule has 1 aromatic carbocycles. The van der Waals surface area contributed by atoms with Gasteiger partial charge in [-0.2, -0.15) is 10.2 Å². The molecule has 0 fully saturated rings. The number of hydrogen-bond acceptors (Lipinski definition) is 4. The molecule has 2 heterocycles. The van der Waals surface area contributed by atoms with Crippen LogP contribution < -0.4 is 10.9 Å². The molecule has 0 saturated carbocycles. The van der Waals surface area contributed by atoms with E-state index in [1.807, 2.05) is 6.20 Å². The van der Waals surface area contributed by atoms with Crippen LogP contribution in [0.1, 0.15) is 28.0 Å². The third-order valence-corrected chi connectivity index (χ3v) is 4.60. The number of nitrogens with zero attached hydrogens (tertiary/aromatic N) is 2. The van der Waals surface area contributed by atoms with Crippen LogP contribution in [0, 0.1) is 5.92 Å². The van der Waals surface area contributed by atoms with Crippen LogP contribution in [0.4, 0.5) is 0 Å². The highest BCUT2D eigenvalue weighted by Gasteiger charge is 2.20. The first-order chi connectivity index (χ1) is 11.7. The van der Waals surface area contributed by atoms with E-state index in [2.05, 4.69) is 25.7 Å². The molecule has 3 N–H and O–H groups in total. The molecule has 122 valence electrons. The van der Waals surface area contributed by atoms with E-state index >= 15 is 0 Å². The summed E-state index contributed by atoms with van der Waals surface area (Å²) >= 11 is 0. The van der Waals surface area contributed by atoms with Crippen molar-refractivity contribution >= 4 is 16.7 Å². The smallest absolute Gasteiger partial charge is 0.272 e. The molecule has 1 aliphatic rings. The van der Waals surface area contributed by atoms with Gasteiger partial charge in [-0.25, -0.2) is 5.10 Å². The van der Waals surface area contributed by atoms with Crippen molar-refractivity contribution < 1.29 is 4.79 Å². The van der Waals surface area contributed by atoms with E-state index in [-0.39, 0.29) is 11.5 Å². The molecule has 24 heavy (non-hydrogen) atoms. The number of H-pyrrole nitrogens is 2. The van der Waals surface area contributed by atoms with Crippen molar-refractivity contribution in [3.05, 3.63) is 57.8 Å². The van der Waals surface area contributed by atoms with Gasteiger partial charge in [0.15, 0.2) is 0 Å². The number of carbonyl (C=O) groups is 1. The van der Waals surface area contributed by atoms with E-state index in [1.165, 1.54) is 11.3 Å². The lowest BCUT2D eigenvalue weighted by Gasteiger charge is -2.21. The summed E-state index contributed by atoms with van der Waals surface area (Å²) in [7, 11) is 0. The zero-order valence-corrected chi connectivity index (χ0v) is 13.0. The average molecular weight is 323 g/mol. The molecule has 0 spiro atoms. The summed E-state index contributed by atoms with van der Waals surface area (Å²) in [5, 5.41) is 17.4. The topological polar surface area (TPSA) is 104 Å². The lowest BCUT2D eigenvalue weighted by Crippen LogP contribution is -2.32. The van der Waals surface area contributed by atoms with E-state index in [0.717, 1.165) is 19.3 Å². The minimum absolute atomic E-state index is 0.132. The van der Waals surface area contributed by atoms with Crippen LogP contribution in [-0.4, -0.2) is 32.8 Å². The van der Waals surface area contributed by atoms with Crippen molar-refractivity contribution in [3.63, 3.8) is 0 Å². The van der Waals surface area contributed by atoms with Gasteiger partial charge in [-0.3, -0.25) is 14.7 Å². The lowest BCUT2D eigenvalue weighted by molar-refractivity contribution is 0.0946. The Balaban J connectivity index is 1.44. The molecule has 0 radical (unpaired) electrons. The molecular weight excluding hydrogens is 306 g/mol. The maximum atomic E-state index is 12.4. The number of carbonyl (C=O) groups excluding carboxylic acids is 1. The zero-order chi connectivity index (χ0) is 16.5. The predicted octanol–water partition coefficient (Wildman–Crippen LogP) is 1.18. The normalized spacial score (nSPS) is 16.8. The van der Waals surface area contributed by atoms with Crippen LogP contribution in [0.3, 0.4) is 0 Å². The van der Waals surface area contributed by atoms with E-state index < -0.39 is 0 Å². The molecule has 1 unspecified atom stereocenters. The molecule has 7 heteroatoms.